The van der Waals surface area contributed by atoms with Crippen LogP contribution in [0, 0.1) is 0 Å². The standard InChI is InChI=1S/C40H83NO3S/c1-4-6-8-10-12-14-16-18-20-22-24-26-28-30-32-34-37-41(3,39-36-40-45(42,43)44)38-35-33-31-29-27-25-23-21-19-17-15-13-11-9-7-5-2/h4-40H2,1-3H3/p+1. The molecule has 0 aliphatic rings. The molecule has 0 amide bonds. The average Bonchev–Trinajstić information content (AvgIpc) is 3.00. The quantitative estimate of drug-likeness (QED) is 0.0408. The molecule has 0 spiro atoms. The van der Waals surface area contributed by atoms with Gasteiger partial charge in [-0.15, -0.1) is 0 Å². The summed E-state index contributed by atoms with van der Waals surface area (Å²) in [6.07, 6.45) is 45.0. The molecule has 0 saturated heterocycles. The summed E-state index contributed by atoms with van der Waals surface area (Å²) in [5.41, 5.74) is 0. The van der Waals surface area contributed by atoms with Crippen molar-refractivity contribution in [2.45, 2.75) is 226 Å². The zero-order valence-corrected chi connectivity index (χ0v) is 32.1. The van der Waals surface area contributed by atoms with Gasteiger partial charge in [-0.2, -0.15) is 8.42 Å². The molecule has 0 atom stereocenters. The van der Waals surface area contributed by atoms with E-state index in [4.69, 9.17) is 0 Å². The fraction of sp³-hybridized carbons (Fsp3) is 1.00. The Bertz CT molecular complexity index is 645. The summed E-state index contributed by atoms with van der Waals surface area (Å²) in [6.45, 7) is 7.72. The van der Waals surface area contributed by atoms with Crippen molar-refractivity contribution in [1.29, 1.82) is 0 Å². The molecule has 272 valence electrons. The van der Waals surface area contributed by atoms with Crippen molar-refractivity contribution in [2.75, 3.05) is 32.4 Å². The summed E-state index contributed by atoms with van der Waals surface area (Å²) in [6, 6.07) is 0. The van der Waals surface area contributed by atoms with E-state index in [1.807, 2.05) is 0 Å². The van der Waals surface area contributed by atoms with Crippen molar-refractivity contribution in [3.05, 3.63) is 0 Å². The van der Waals surface area contributed by atoms with E-state index >= 15 is 0 Å². The highest BCUT2D eigenvalue weighted by Crippen LogP contribution is 2.18. The molecule has 0 aliphatic heterocycles. The van der Waals surface area contributed by atoms with E-state index in [0.717, 1.165) is 24.1 Å². The van der Waals surface area contributed by atoms with Crippen molar-refractivity contribution in [3.63, 3.8) is 0 Å². The molecule has 0 heterocycles. The van der Waals surface area contributed by atoms with E-state index in [1.165, 1.54) is 205 Å². The second kappa shape index (κ2) is 33.8. The van der Waals surface area contributed by atoms with Gasteiger partial charge in [-0.1, -0.05) is 194 Å². The van der Waals surface area contributed by atoms with Crippen LogP contribution < -0.4 is 0 Å². The van der Waals surface area contributed by atoms with E-state index in [-0.39, 0.29) is 5.75 Å². The predicted molar refractivity (Wildman–Crippen MR) is 201 cm³/mol. The minimum atomic E-state index is -3.86. The van der Waals surface area contributed by atoms with Gasteiger partial charge in [0, 0.05) is 6.42 Å². The highest BCUT2D eigenvalue weighted by molar-refractivity contribution is 7.85. The van der Waals surface area contributed by atoms with Crippen LogP contribution in [0.2, 0.25) is 0 Å². The van der Waals surface area contributed by atoms with Crippen LogP contribution in [0.4, 0.5) is 0 Å². The second-order valence-corrected chi connectivity index (χ2v) is 16.6. The first-order valence-electron chi connectivity index (χ1n) is 20.6. The SMILES string of the molecule is CCCCCCCCCCCCCCCCCC[N+](C)(CCCCCCCCCCCCCCCCCC)CCCS(=O)(=O)O. The zero-order chi connectivity index (χ0) is 33.2. The lowest BCUT2D eigenvalue weighted by Gasteiger charge is -2.35. The number of hydrogen-bond acceptors (Lipinski definition) is 2. The van der Waals surface area contributed by atoms with Gasteiger partial charge < -0.3 is 4.48 Å². The van der Waals surface area contributed by atoms with Crippen LogP contribution in [0.5, 0.6) is 0 Å². The summed E-state index contributed by atoms with van der Waals surface area (Å²) in [7, 11) is -1.54. The Morgan fingerprint density at radius 2 is 0.556 bits per heavy atom. The van der Waals surface area contributed by atoms with Gasteiger partial charge in [0.05, 0.1) is 32.4 Å². The molecular formula is C40H84NO3S+. The molecule has 4 nitrogen and oxygen atoms in total. The van der Waals surface area contributed by atoms with Crippen molar-refractivity contribution >= 4 is 10.1 Å². The van der Waals surface area contributed by atoms with Gasteiger partial charge in [0.2, 0.25) is 0 Å². The molecule has 0 fully saturated rings. The monoisotopic (exact) mass is 659 g/mol. The van der Waals surface area contributed by atoms with E-state index in [1.54, 1.807) is 0 Å². The van der Waals surface area contributed by atoms with Crippen molar-refractivity contribution < 1.29 is 17.5 Å². The van der Waals surface area contributed by atoms with E-state index in [0.29, 0.717) is 6.42 Å². The Kier molecular flexibility index (Phi) is 33.7. The van der Waals surface area contributed by atoms with E-state index < -0.39 is 10.1 Å². The number of nitrogens with zero attached hydrogens (tertiary/aromatic N) is 1. The van der Waals surface area contributed by atoms with Gasteiger partial charge in [0.1, 0.15) is 0 Å². The van der Waals surface area contributed by atoms with Gasteiger partial charge in [-0.05, 0) is 25.7 Å². The Balaban J connectivity index is 3.86. The maximum Gasteiger partial charge on any atom is 0.265 e. The third-order valence-electron chi connectivity index (χ3n) is 10.2. The number of rotatable bonds is 38. The molecule has 0 bridgehead atoms. The zero-order valence-electron chi connectivity index (χ0n) is 31.3. The lowest BCUT2D eigenvalue weighted by Crippen LogP contribution is -2.46. The normalized spacial score (nSPS) is 12.4. The van der Waals surface area contributed by atoms with Gasteiger partial charge >= 0.3 is 0 Å². The molecular weight excluding hydrogens is 575 g/mol. The topological polar surface area (TPSA) is 54.4 Å². The minimum Gasteiger partial charge on any atom is -0.326 e. The number of hydrogen-bond donors (Lipinski definition) is 1. The van der Waals surface area contributed by atoms with Crippen LogP contribution in [0.1, 0.15) is 226 Å². The van der Waals surface area contributed by atoms with Gasteiger partial charge in [0.15, 0.2) is 0 Å². The molecule has 0 aromatic carbocycles. The van der Waals surface area contributed by atoms with Crippen LogP contribution in [-0.4, -0.2) is 49.9 Å². The van der Waals surface area contributed by atoms with Crippen molar-refractivity contribution in [1.82, 2.24) is 0 Å². The third kappa shape index (κ3) is 36.6. The van der Waals surface area contributed by atoms with Gasteiger partial charge in [-0.3, -0.25) is 4.55 Å². The van der Waals surface area contributed by atoms with E-state index in [9.17, 15) is 13.0 Å². The van der Waals surface area contributed by atoms with Crippen LogP contribution >= 0.6 is 0 Å². The van der Waals surface area contributed by atoms with Crippen LogP contribution in [0.15, 0.2) is 0 Å². The number of unbranched alkanes of at least 4 members (excludes halogenated alkanes) is 30. The number of quaternary nitrogens is 1. The van der Waals surface area contributed by atoms with E-state index in [2.05, 4.69) is 20.9 Å². The molecule has 0 radical (unpaired) electrons. The Hall–Kier alpha value is -0.130. The highest BCUT2D eigenvalue weighted by Gasteiger charge is 2.21. The van der Waals surface area contributed by atoms with Crippen molar-refractivity contribution in [3.8, 4) is 0 Å². The lowest BCUT2D eigenvalue weighted by atomic mass is 10.0. The maximum atomic E-state index is 11.3. The van der Waals surface area contributed by atoms with Crippen LogP contribution in [0.3, 0.4) is 0 Å². The molecule has 0 unspecified atom stereocenters. The first-order chi connectivity index (χ1) is 21.8. The molecule has 0 aromatic heterocycles. The second-order valence-electron chi connectivity index (χ2n) is 15.0. The average molecular weight is 659 g/mol. The summed E-state index contributed by atoms with van der Waals surface area (Å²) in [5.74, 6) is -0.0985. The minimum absolute atomic E-state index is 0.0985. The molecule has 1 N–H and O–H groups in total. The Morgan fingerprint density at radius 1 is 0.356 bits per heavy atom. The summed E-state index contributed by atoms with van der Waals surface area (Å²) in [5, 5.41) is 0. The first-order valence-corrected chi connectivity index (χ1v) is 22.2. The summed E-state index contributed by atoms with van der Waals surface area (Å²) < 4.78 is 32.8. The van der Waals surface area contributed by atoms with Crippen LogP contribution in [0.25, 0.3) is 0 Å². The predicted octanol–water partition coefficient (Wildman–Crippen LogP) is 13.2. The lowest BCUT2D eigenvalue weighted by molar-refractivity contribution is -0.910. The Morgan fingerprint density at radius 3 is 0.778 bits per heavy atom. The van der Waals surface area contributed by atoms with Crippen molar-refractivity contribution in [2.24, 2.45) is 0 Å². The fourth-order valence-electron chi connectivity index (χ4n) is 7.05. The molecule has 0 saturated carbocycles. The first kappa shape index (κ1) is 44.9. The van der Waals surface area contributed by atoms with Crippen LogP contribution in [-0.2, 0) is 10.1 Å². The molecule has 0 aromatic rings. The molecule has 45 heavy (non-hydrogen) atoms. The van der Waals surface area contributed by atoms with Gasteiger partial charge in [0.25, 0.3) is 10.1 Å². The smallest absolute Gasteiger partial charge is 0.265 e. The third-order valence-corrected chi connectivity index (χ3v) is 11.0. The Labute approximate surface area is 285 Å². The molecule has 5 heteroatoms. The molecule has 0 aliphatic carbocycles. The summed E-state index contributed by atoms with van der Waals surface area (Å²) in [4.78, 5) is 0. The highest BCUT2D eigenvalue weighted by atomic mass is 32.2. The van der Waals surface area contributed by atoms with Gasteiger partial charge in [-0.25, -0.2) is 0 Å². The largest absolute Gasteiger partial charge is 0.326 e. The fourth-order valence-corrected chi connectivity index (χ4v) is 7.54. The maximum absolute atomic E-state index is 11.3. The summed E-state index contributed by atoms with van der Waals surface area (Å²) >= 11 is 0. The molecule has 0 rings (SSSR count).